The molecule has 0 aromatic rings. The van der Waals surface area contributed by atoms with Gasteiger partial charge in [-0.25, -0.2) is 0 Å². The Kier molecular flexibility index (Phi) is 50.3. The first kappa shape index (κ1) is 77.7. The van der Waals surface area contributed by atoms with E-state index in [0.717, 1.165) is 115 Å². The highest BCUT2D eigenvalue weighted by atomic mass is 33.1. The van der Waals surface area contributed by atoms with Crippen molar-refractivity contribution in [2.24, 2.45) is 11.8 Å². The highest BCUT2D eigenvalue weighted by molar-refractivity contribution is 8.76. The van der Waals surface area contributed by atoms with Crippen LogP contribution in [0.25, 0.3) is 0 Å². The molecule has 1 heterocycles. The zero-order valence-corrected chi connectivity index (χ0v) is 53.9. The lowest BCUT2D eigenvalue weighted by molar-refractivity contribution is -0.145. The molecular formula is C62H118N4O14S2. The van der Waals surface area contributed by atoms with Crippen LogP contribution < -0.4 is 0 Å². The number of carbonyl (C=O) groups is 5. The number of unbranched alkanes of at least 4 members (excludes halogenated alkanes) is 7. The van der Waals surface area contributed by atoms with Gasteiger partial charge in [0.1, 0.15) is 6.61 Å². The molecule has 0 aromatic heterocycles. The molecule has 18 nitrogen and oxygen atoms in total. The van der Waals surface area contributed by atoms with Crippen LogP contribution >= 0.6 is 21.6 Å². The molecule has 1 saturated heterocycles. The van der Waals surface area contributed by atoms with Gasteiger partial charge in [0.25, 0.3) is 0 Å². The van der Waals surface area contributed by atoms with Crippen LogP contribution in [-0.2, 0) is 47.7 Å². The fraction of sp³-hybridized carbons (Fsp3) is 0.919. The summed E-state index contributed by atoms with van der Waals surface area (Å²) >= 11 is 0. The maximum absolute atomic E-state index is 12.8. The van der Waals surface area contributed by atoms with Gasteiger partial charge in [0.2, 0.25) is 0 Å². The van der Waals surface area contributed by atoms with Gasteiger partial charge >= 0.3 is 29.8 Å². The van der Waals surface area contributed by atoms with Crippen LogP contribution in [0, 0.1) is 11.8 Å². The number of piperazine rings is 1. The van der Waals surface area contributed by atoms with Gasteiger partial charge in [0, 0.05) is 109 Å². The summed E-state index contributed by atoms with van der Waals surface area (Å²) in [6.07, 6.45) is 14.7. The van der Waals surface area contributed by atoms with Crippen LogP contribution in [0.2, 0.25) is 0 Å². The molecule has 1 fully saturated rings. The Hall–Kier alpha value is -2.27. The van der Waals surface area contributed by atoms with Crippen LogP contribution in [0.5, 0.6) is 0 Å². The van der Waals surface area contributed by atoms with E-state index in [2.05, 4.69) is 42.4 Å². The SMILES string of the molecule is CCCCOC(=O)CCCCC(O)CN(CCCC(=O)OCCN1CCN(CCSSCCCCN(CC(O)CCCCC(=O)OCCC(C)C)CC(O)CCCCC(=O)OCCC(C)C)CC1)CC(O)CCCCC(=O)OCCCC. The summed E-state index contributed by atoms with van der Waals surface area (Å²) in [6.45, 7) is 23.0. The molecule has 0 aromatic carbocycles. The van der Waals surface area contributed by atoms with Crippen LogP contribution in [0.3, 0.4) is 0 Å². The van der Waals surface area contributed by atoms with E-state index >= 15 is 0 Å². The van der Waals surface area contributed by atoms with Crippen molar-refractivity contribution in [3.05, 3.63) is 0 Å². The molecule has 20 heteroatoms. The third kappa shape index (κ3) is 48.9. The fourth-order valence-electron chi connectivity index (χ4n) is 9.26. The van der Waals surface area contributed by atoms with Crippen molar-refractivity contribution < 1.29 is 68.1 Å². The van der Waals surface area contributed by atoms with E-state index in [0.29, 0.717) is 180 Å². The number of rotatable bonds is 56. The van der Waals surface area contributed by atoms with Crippen molar-refractivity contribution in [2.75, 3.05) is 123 Å². The topological polar surface area (TPSA) is 225 Å². The van der Waals surface area contributed by atoms with Crippen LogP contribution in [0.1, 0.15) is 208 Å². The van der Waals surface area contributed by atoms with Gasteiger partial charge in [-0.05, 0) is 121 Å². The molecule has 482 valence electrons. The van der Waals surface area contributed by atoms with Crippen LogP contribution in [0.15, 0.2) is 0 Å². The quantitative estimate of drug-likeness (QED) is 0.0193. The molecule has 0 saturated carbocycles. The summed E-state index contributed by atoms with van der Waals surface area (Å²) in [7, 11) is 3.79. The highest BCUT2D eigenvalue weighted by Gasteiger charge is 2.21. The molecule has 0 aliphatic carbocycles. The smallest absolute Gasteiger partial charge is 0.305 e. The van der Waals surface area contributed by atoms with Gasteiger partial charge in [0.05, 0.1) is 50.8 Å². The molecule has 1 aliphatic heterocycles. The van der Waals surface area contributed by atoms with Crippen LogP contribution in [0.4, 0.5) is 0 Å². The minimum Gasteiger partial charge on any atom is -0.466 e. The van der Waals surface area contributed by atoms with Gasteiger partial charge in [-0.15, -0.1) is 0 Å². The Morgan fingerprint density at radius 2 is 0.720 bits per heavy atom. The van der Waals surface area contributed by atoms with Crippen molar-refractivity contribution in [3.63, 3.8) is 0 Å². The number of nitrogens with zero attached hydrogens (tertiary/aromatic N) is 4. The summed E-state index contributed by atoms with van der Waals surface area (Å²) in [5, 5.41) is 43.8. The van der Waals surface area contributed by atoms with Crippen molar-refractivity contribution >= 4 is 51.4 Å². The Morgan fingerprint density at radius 3 is 1.10 bits per heavy atom. The van der Waals surface area contributed by atoms with E-state index in [1.807, 2.05) is 40.3 Å². The molecule has 4 atom stereocenters. The zero-order chi connectivity index (χ0) is 60.4. The van der Waals surface area contributed by atoms with E-state index in [9.17, 15) is 44.4 Å². The molecule has 4 N–H and O–H groups in total. The average Bonchev–Trinajstić information content (AvgIpc) is 3.43. The maximum Gasteiger partial charge on any atom is 0.305 e. The van der Waals surface area contributed by atoms with Crippen LogP contribution in [-0.4, -0.2) is 217 Å². The van der Waals surface area contributed by atoms with Crippen molar-refractivity contribution in [1.82, 2.24) is 19.6 Å². The summed E-state index contributed by atoms with van der Waals surface area (Å²) < 4.78 is 26.8. The molecule has 0 amide bonds. The summed E-state index contributed by atoms with van der Waals surface area (Å²) in [4.78, 5) is 70.0. The maximum atomic E-state index is 12.8. The predicted octanol–water partition coefficient (Wildman–Crippen LogP) is 9.24. The number of hydrogen-bond donors (Lipinski definition) is 4. The Balaban J connectivity index is 2.43. The molecule has 4 unspecified atom stereocenters. The lowest BCUT2D eigenvalue weighted by Gasteiger charge is -2.34. The summed E-state index contributed by atoms with van der Waals surface area (Å²) in [5.74, 6) is 1.98. The van der Waals surface area contributed by atoms with E-state index < -0.39 is 24.4 Å². The lowest BCUT2D eigenvalue weighted by Crippen LogP contribution is -2.47. The molecule has 0 spiro atoms. The predicted molar refractivity (Wildman–Crippen MR) is 331 cm³/mol. The standard InChI is InChI=1S/C62H118N4O14S2/c1-7-9-41-76-58(71)26-15-11-24-56(69)50-66(51-57(70)25-12-16-27-59(72)77-42-10-8-2)34-21-30-62(75)80-45-39-63-35-37-64(38-36-63)40-47-82-81-46-20-19-33-65(48-54(67)22-13-17-28-60(73)78-43-31-52(3)4)49-55(68)23-14-18-29-61(74)79-44-32-53(5)6/h52-57,67-70H,7-51H2,1-6H3. The molecule has 1 aliphatic rings. The lowest BCUT2D eigenvalue weighted by atomic mass is 10.1. The highest BCUT2D eigenvalue weighted by Crippen LogP contribution is 2.23. The average molecular weight is 1210 g/mol. The normalized spacial score (nSPS) is 14.8. The van der Waals surface area contributed by atoms with Gasteiger partial charge in [0.15, 0.2) is 0 Å². The van der Waals surface area contributed by atoms with E-state index in [1.54, 1.807) is 0 Å². The van der Waals surface area contributed by atoms with Crippen molar-refractivity contribution in [3.8, 4) is 0 Å². The molecule has 0 radical (unpaired) electrons. The second-order valence-electron chi connectivity index (χ2n) is 23.4. The number of esters is 5. The van der Waals surface area contributed by atoms with Gasteiger partial charge in [-0.2, -0.15) is 0 Å². The Morgan fingerprint density at radius 1 is 0.390 bits per heavy atom. The van der Waals surface area contributed by atoms with Crippen molar-refractivity contribution in [1.29, 1.82) is 0 Å². The number of carbonyl (C=O) groups excluding carboxylic acids is 5. The molecule has 1 rings (SSSR count). The number of hydrogen-bond acceptors (Lipinski definition) is 20. The molecular weight excluding hydrogens is 1090 g/mol. The Labute approximate surface area is 504 Å². The fourth-order valence-corrected chi connectivity index (χ4v) is 11.4. The Bertz CT molecular complexity index is 1500. The largest absolute Gasteiger partial charge is 0.466 e. The minimum atomic E-state index is -0.645. The second kappa shape index (κ2) is 53.0. The molecule has 82 heavy (non-hydrogen) atoms. The zero-order valence-electron chi connectivity index (χ0n) is 52.3. The molecule has 0 bridgehead atoms. The first-order chi connectivity index (χ1) is 39.5. The van der Waals surface area contributed by atoms with Gasteiger partial charge in [-0.1, -0.05) is 102 Å². The first-order valence-electron chi connectivity index (χ1n) is 32.1. The minimum absolute atomic E-state index is 0.181. The third-order valence-corrected chi connectivity index (χ3v) is 17.0. The third-order valence-electron chi connectivity index (χ3n) is 14.5. The number of ether oxygens (including phenoxy) is 5. The summed E-state index contributed by atoms with van der Waals surface area (Å²) in [6, 6.07) is 0. The monoisotopic (exact) mass is 1210 g/mol. The number of aliphatic hydroxyl groups excluding tert-OH is 4. The second-order valence-corrected chi connectivity index (χ2v) is 26.1. The first-order valence-corrected chi connectivity index (χ1v) is 34.6. The van der Waals surface area contributed by atoms with E-state index in [-0.39, 0.29) is 36.3 Å². The van der Waals surface area contributed by atoms with Gasteiger partial charge in [-0.3, -0.25) is 43.6 Å². The number of aliphatic hydroxyl groups is 4. The van der Waals surface area contributed by atoms with E-state index in [1.165, 1.54) is 0 Å². The van der Waals surface area contributed by atoms with E-state index in [4.69, 9.17) is 23.7 Å². The van der Waals surface area contributed by atoms with Gasteiger partial charge < -0.3 is 44.1 Å². The summed E-state index contributed by atoms with van der Waals surface area (Å²) in [5.41, 5.74) is 0. The van der Waals surface area contributed by atoms with Crippen molar-refractivity contribution in [2.45, 2.75) is 233 Å².